The zero-order chi connectivity index (χ0) is 24.6. The van der Waals surface area contributed by atoms with E-state index in [9.17, 15) is 18.4 Å². The number of ether oxygens (including phenoxy) is 1. The number of esters is 1. The van der Waals surface area contributed by atoms with Crippen LogP contribution in [0.1, 0.15) is 50.4 Å². The molecule has 2 saturated heterocycles. The molecule has 1 amide bonds. The van der Waals surface area contributed by atoms with Crippen LogP contribution >= 0.6 is 23.6 Å². The number of anilines is 1. The Morgan fingerprint density at radius 3 is 2.38 bits per heavy atom. The molecule has 0 bridgehead atoms. The molecule has 2 aliphatic rings. The van der Waals surface area contributed by atoms with E-state index in [0.29, 0.717) is 28.8 Å². The molecule has 2 fully saturated rings. The van der Waals surface area contributed by atoms with Crippen molar-refractivity contribution in [2.24, 2.45) is 5.41 Å². The third kappa shape index (κ3) is 4.53. The second-order valence-corrected chi connectivity index (χ2v) is 10.3. The molecule has 0 radical (unpaired) electrons. The van der Waals surface area contributed by atoms with Crippen LogP contribution < -0.4 is 5.32 Å². The number of thiophene rings is 1. The normalized spacial score (nSPS) is 17.2. The van der Waals surface area contributed by atoms with Crippen molar-refractivity contribution in [2.45, 2.75) is 33.1 Å². The number of carbonyl (C=O) groups excluding carboxylic acids is 2. The fourth-order valence-corrected chi connectivity index (χ4v) is 5.92. The zero-order valence-electron chi connectivity index (χ0n) is 19.4. The quantitative estimate of drug-likeness (QED) is 0.478. The molecule has 1 aromatic carbocycles. The number of halogens is 2. The van der Waals surface area contributed by atoms with Crippen LogP contribution in [-0.4, -0.2) is 60.1 Å². The molecule has 6 nitrogen and oxygen atoms in total. The number of carbonyl (C=O) groups is 2. The van der Waals surface area contributed by atoms with Gasteiger partial charge >= 0.3 is 5.97 Å². The Kier molecular flexibility index (Phi) is 6.91. The Morgan fingerprint density at radius 2 is 1.74 bits per heavy atom. The number of rotatable bonds is 3. The van der Waals surface area contributed by atoms with Crippen LogP contribution in [0.5, 0.6) is 0 Å². The lowest BCUT2D eigenvalue weighted by atomic mass is 9.77. The van der Waals surface area contributed by atoms with Crippen LogP contribution in [0.25, 0.3) is 0 Å². The first-order valence-electron chi connectivity index (χ1n) is 11.1. The van der Waals surface area contributed by atoms with Crippen LogP contribution in [0.3, 0.4) is 0 Å². The minimum absolute atomic E-state index is 0.0128. The summed E-state index contributed by atoms with van der Waals surface area (Å²) in [6.07, 6.45) is 2.38. The average Bonchev–Trinajstić information content (AvgIpc) is 3.40. The number of nitrogens with zero attached hydrogens (tertiary/aromatic N) is 2. The minimum atomic E-state index is -0.827. The smallest absolute Gasteiger partial charge is 0.350 e. The molecule has 2 aliphatic heterocycles. The van der Waals surface area contributed by atoms with Gasteiger partial charge in [-0.1, -0.05) is 6.07 Å². The molecule has 34 heavy (non-hydrogen) atoms. The summed E-state index contributed by atoms with van der Waals surface area (Å²) in [4.78, 5) is 29.0. The van der Waals surface area contributed by atoms with Crippen LogP contribution in [-0.2, 0) is 4.74 Å². The van der Waals surface area contributed by atoms with Gasteiger partial charge in [-0.25, -0.2) is 13.6 Å². The SMILES string of the molecule is COC(=O)c1scc(C)c1NC(=S)N1CCC2(CCN(C(=O)c3c(F)ccc(C)c3F)CC2)C1. The summed E-state index contributed by atoms with van der Waals surface area (Å²) in [5, 5.41) is 5.65. The summed E-state index contributed by atoms with van der Waals surface area (Å²) in [7, 11) is 1.35. The van der Waals surface area contributed by atoms with Gasteiger partial charge in [0.25, 0.3) is 5.91 Å². The van der Waals surface area contributed by atoms with Crippen molar-refractivity contribution in [3.8, 4) is 0 Å². The molecule has 0 saturated carbocycles. The highest BCUT2D eigenvalue weighted by atomic mass is 32.1. The van der Waals surface area contributed by atoms with Crippen molar-refractivity contribution in [3.63, 3.8) is 0 Å². The van der Waals surface area contributed by atoms with E-state index in [-0.39, 0.29) is 11.0 Å². The number of hydrogen-bond acceptors (Lipinski definition) is 5. The number of aryl methyl sites for hydroxylation is 2. The van der Waals surface area contributed by atoms with Crippen molar-refractivity contribution in [3.05, 3.63) is 50.7 Å². The van der Waals surface area contributed by atoms with E-state index in [0.717, 1.165) is 44.0 Å². The van der Waals surface area contributed by atoms with E-state index < -0.39 is 29.1 Å². The van der Waals surface area contributed by atoms with Crippen LogP contribution in [0.2, 0.25) is 0 Å². The highest BCUT2D eigenvalue weighted by molar-refractivity contribution is 7.80. The van der Waals surface area contributed by atoms with E-state index in [1.807, 2.05) is 12.3 Å². The second-order valence-electron chi connectivity index (χ2n) is 9.06. The van der Waals surface area contributed by atoms with Crippen molar-refractivity contribution in [1.82, 2.24) is 9.80 Å². The number of likely N-dealkylation sites (tertiary alicyclic amines) is 2. The standard InChI is InChI=1S/C24H27F2N3O3S2/c1-14-4-5-16(25)17(18(14)26)21(30)28-9-6-24(7-10-28)8-11-29(13-24)23(33)27-19-15(2)12-34-20(19)22(31)32-3/h4-5,12H,6-11,13H2,1-3H3,(H,27,33). The fourth-order valence-electron chi connectivity index (χ4n) is 4.74. The predicted molar refractivity (Wildman–Crippen MR) is 131 cm³/mol. The van der Waals surface area contributed by atoms with Crippen molar-refractivity contribution in [1.29, 1.82) is 0 Å². The van der Waals surface area contributed by atoms with E-state index >= 15 is 0 Å². The maximum absolute atomic E-state index is 14.4. The third-order valence-corrected chi connectivity index (χ3v) is 8.35. The molecule has 0 atom stereocenters. The average molecular weight is 508 g/mol. The van der Waals surface area contributed by atoms with E-state index in [2.05, 4.69) is 10.2 Å². The first kappa shape index (κ1) is 24.5. The van der Waals surface area contributed by atoms with Crippen molar-refractivity contribution >= 4 is 46.2 Å². The first-order valence-corrected chi connectivity index (χ1v) is 12.4. The molecular weight excluding hydrogens is 480 g/mol. The van der Waals surface area contributed by atoms with Gasteiger partial charge in [0.05, 0.1) is 12.8 Å². The lowest BCUT2D eigenvalue weighted by Gasteiger charge is -2.39. The Bertz CT molecular complexity index is 1140. The van der Waals surface area contributed by atoms with Crippen molar-refractivity contribution < 1.29 is 23.1 Å². The number of thiocarbonyl (C=S) groups is 1. The zero-order valence-corrected chi connectivity index (χ0v) is 21.0. The number of benzene rings is 1. The fraction of sp³-hybridized carbons (Fsp3) is 0.458. The molecule has 0 unspecified atom stereocenters. The molecule has 1 aromatic heterocycles. The molecule has 10 heteroatoms. The summed E-state index contributed by atoms with van der Waals surface area (Å²) in [6.45, 7) is 5.80. The molecule has 4 rings (SSSR count). The van der Waals surface area contributed by atoms with E-state index in [4.69, 9.17) is 17.0 Å². The van der Waals surface area contributed by atoms with Crippen LogP contribution in [0, 0.1) is 30.9 Å². The minimum Gasteiger partial charge on any atom is -0.465 e. The highest BCUT2D eigenvalue weighted by Gasteiger charge is 2.42. The number of methoxy groups -OCH3 is 1. The van der Waals surface area contributed by atoms with Crippen LogP contribution in [0.4, 0.5) is 14.5 Å². The van der Waals surface area contributed by atoms with Crippen molar-refractivity contribution in [2.75, 3.05) is 38.6 Å². The Hall–Kier alpha value is -2.59. The Labute approximate surface area is 206 Å². The Balaban J connectivity index is 1.39. The van der Waals surface area contributed by atoms with E-state index in [1.54, 1.807) is 4.90 Å². The van der Waals surface area contributed by atoms with Gasteiger partial charge in [-0.05, 0) is 73.3 Å². The monoisotopic (exact) mass is 507 g/mol. The van der Waals surface area contributed by atoms with Gasteiger partial charge in [0.15, 0.2) is 5.11 Å². The lowest BCUT2D eigenvalue weighted by Crippen LogP contribution is -2.45. The van der Waals surface area contributed by atoms with Gasteiger partial charge in [0.1, 0.15) is 22.1 Å². The lowest BCUT2D eigenvalue weighted by molar-refractivity contribution is 0.0585. The molecule has 1 N–H and O–H groups in total. The first-order chi connectivity index (χ1) is 16.2. The van der Waals surface area contributed by atoms with Gasteiger partial charge < -0.3 is 19.9 Å². The number of amides is 1. The highest BCUT2D eigenvalue weighted by Crippen LogP contribution is 2.41. The summed E-state index contributed by atoms with van der Waals surface area (Å²) in [5.41, 5.74) is 1.36. The van der Waals surface area contributed by atoms with Gasteiger partial charge in [-0.3, -0.25) is 4.79 Å². The second kappa shape index (κ2) is 9.58. The summed E-state index contributed by atoms with van der Waals surface area (Å²) < 4.78 is 33.5. The number of hydrogen-bond donors (Lipinski definition) is 1. The number of nitrogens with one attached hydrogen (secondary N) is 1. The molecule has 3 heterocycles. The van der Waals surface area contributed by atoms with Gasteiger partial charge in [0, 0.05) is 26.2 Å². The summed E-state index contributed by atoms with van der Waals surface area (Å²) in [6, 6.07) is 2.48. The van der Waals surface area contributed by atoms with Gasteiger partial charge in [0.2, 0.25) is 0 Å². The third-order valence-electron chi connectivity index (χ3n) is 6.91. The predicted octanol–water partition coefficient (Wildman–Crippen LogP) is 4.75. The van der Waals surface area contributed by atoms with E-state index in [1.165, 1.54) is 31.4 Å². The topological polar surface area (TPSA) is 61.9 Å². The largest absolute Gasteiger partial charge is 0.465 e. The Morgan fingerprint density at radius 1 is 1.09 bits per heavy atom. The van der Waals surface area contributed by atoms with Crippen LogP contribution in [0.15, 0.2) is 17.5 Å². The molecule has 1 spiro atoms. The summed E-state index contributed by atoms with van der Waals surface area (Å²) >= 11 is 6.96. The molecule has 182 valence electrons. The molecular formula is C24H27F2N3O3S2. The van der Waals surface area contributed by atoms with Gasteiger partial charge in [-0.15, -0.1) is 11.3 Å². The molecule has 0 aliphatic carbocycles. The maximum Gasteiger partial charge on any atom is 0.350 e. The number of piperidine rings is 1. The summed E-state index contributed by atoms with van der Waals surface area (Å²) in [5.74, 6) is -2.61. The van der Waals surface area contributed by atoms with Gasteiger partial charge in [-0.2, -0.15) is 0 Å². The molecule has 2 aromatic rings. The maximum atomic E-state index is 14.4.